The van der Waals surface area contributed by atoms with Gasteiger partial charge in [0, 0.05) is 46.6 Å². The van der Waals surface area contributed by atoms with Crippen LogP contribution < -0.4 is 20.1 Å². The van der Waals surface area contributed by atoms with Crippen molar-refractivity contribution in [1.29, 1.82) is 0 Å². The normalized spacial score (nSPS) is 18.3. The lowest BCUT2D eigenvalue weighted by Gasteiger charge is -2.37. The van der Waals surface area contributed by atoms with Crippen molar-refractivity contribution in [1.82, 2.24) is 5.32 Å². The molecule has 1 aliphatic heterocycles. The number of nitrogens with one attached hydrogen (secondary N) is 2. The molecule has 10 heteroatoms. The number of Topliss-reactive ketones (excluding diaryl/α,β-unsaturated/α-hetero) is 1. The number of dihydropyridines is 1. The topological polar surface area (TPSA) is 120 Å². The fraction of sp³-hybridized carbons (Fsp3) is 0.250. The Balaban J connectivity index is 1.59. The van der Waals surface area contributed by atoms with E-state index in [1.165, 1.54) is 12.1 Å². The summed E-state index contributed by atoms with van der Waals surface area (Å²) in [6.07, 6.45) is 0.682. The Hall–Kier alpha value is -4.63. The number of ether oxygens (including phenoxy) is 2. The van der Waals surface area contributed by atoms with E-state index in [0.29, 0.717) is 51.7 Å². The lowest BCUT2D eigenvalue weighted by molar-refractivity contribution is -0.384. The van der Waals surface area contributed by atoms with Crippen LogP contribution in [0.2, 0.25) is 5.02 Å². The summed E-state index contributed by atoms with van der Waals surface area (Å²) in [4.78, 5) is 39.0. The van der Waals surface area contributed by atoms with Crippen LogP contribution in [0.3, 0.4) is 0 Å². The first kappa shape index (κ1) is 28.9. The number of methoxy groups -OCH3 is 2. The van der Waals surface area contributed by atoms with Crippen LogP contribution in [0.5, 0.6) is 11.5 Å². The van der Waals surface area contributed by atoms with E-state index >= 15 is 0 Å². The average Bonchev–Trinajstić information content (AvgIpc) is 2.97. The molecule has 0 saturated carbocycles. The highest BCUT2D eigenvalue weighted by atomic mass is 35.5. The number of aryl methyl sites for hydroxylation is 1. The zero-order valence-corrected chi connectivity index (χ0v) is 24.4. The van der Waals surface area contributed by atoms with Crippen molar-refractivity contribution < 1.29 is 24.0 Å². The Labute approximate surface area is 248 Å². The molecule has 0 radical (unpaired) electrons. The van der Waals surface area contributed by atoms with E-state index in [-0.39, 0.29) is 28.8 Å². The van der Waals surface area contributed by atoms with Gasteiger partial charge in [0.25, 0.3) is 11.6 Å². The zero-order valence-electron chi connectivity index (χ0n) is 23.6. The summed E-state index contributed by atoms with van der Waals surface area (Å²) in [6, 6.07) is 17.4. The van der Waals surface area contributed by atoms with Gasteiger partial charge in [-0.15, -0.1) is 0 Å². The number of nitro groups is 1. The minimum absolute atomic E-state index is 0.0262. The van der Waals surface area contributed by atoms with E-state index in [1.807, 2.05) is 37.3 Å². The minimum atomic E-state index is -0.832. The number of hydrogen-bond donors (Lipinski definition) is 2. The van der Waals surface area contributed by atoms with Gasteiger partial charge >= 0.3 is 0 Å². The molecular formula is C32H30ClN3O6. The molecule has 0 fully saturated rings. The number of amides is 1. The Morgan fingerprint density at radius 1 is 0.976 bits per heavy atom. The van der Waals surface area contributed by atoms with Gasteiger partial charge in [0.15, 0.2) is 17.3 Å². The van der Waals surface area contributed by atoms with E-state index < -0.39 is 16.7 Å². The zero-order chi connectivity index (χ0) is 30.1. The van der Waals surface area contributed by atoms with Gasteiger partial charge in [-0.2, -0.15) is 0 Å². The maximum atomic E-state index is 14.0. The quantitative estimate of drug-likeness (QED) is 0.237. The summed E-state index contributed by atoms with van der Waals surface area (Å²) in [5.41, 5.74) is 4.66. The largest absolute Gasteiger partial charge is 0.493 e. The lowest BCUT2D eigenvalue weighted by Crippen LogP contribution is -2.37. The van der Waals surface area contributed by atoms with E-state index in [0.717, 1.165) is 11.1 Å². The first-order valence-corrected chi connectivity index (χ1v) is 13.8. The molecule has 3 aromatic rings. The van der Waals surface area contributed by atoms with E-state index in [9.17, 15) is 19.7 Å². The number of rotatable bonds is 7. The van der Waals surface area contributed by atoms with Crippen LogP contribution in [0.4, 0.5) is 11.4 Å². The fourth-order valence-electron chi connectivity index (χ4n) is 5.70. The second-order valence-corrected chi connectivity index (χ2v) is 10.8. The van der Waals surface area contributed by atoms with Crippen LogP contribution in [0.1, 0.15) is 48.3 Å². The minimum Gasteiger partial charge on any atom is -0.493 e. The number of benzene rings is 3. The third-order valence-electron chi connectivity index (χ3n) is 7.76. The van der Waals surface area contributed by atoms with Crippen molar-refractivity contribution in [2.45, 2.75) is 38.5 Å². The number of hydrogen-bond acceptors (Lipinski definition) is 7. The maximum absolute atomic E-state index is 14.0. The average molecular weight is 588 g/mol. The monoisotopic (exact) mass is 587 g/mol. The highest BCUT2D eigenvalue weighted by Crippen LogP contribution is 2.47. The molecule has 9 nitrogen and oxygen atoms in total. The molecule has 1 heterocycles. The van der Waals surface area contributed by atoms with Crippen molar-refractivity contribution in [2.24, 2.45) is 0 Å². The predicted molar refractivity (Wildman–Crippen MR) is 160 cm³/mol. The molecule has 1 aliphatic carbocycles. The number of ketones is 1. The van der Waals surface area contributed by atoms with Crippen molar-refractivity contribution in [2.75, 3.05) is 19.5 Å². The molecule has 0 spiro atoms. The molecule has 1 amide bonds. The Kier molecular flexibility index (Phi) is 8.04. The number of halogens is 1. The second-order valence-electron chi connectivity index (χ2n) is 10.4. The Bertz CT molecular complexity index is 1660. The summed E-state index contributed by atoms with van der Waals surface area (Å²) < 4.78 is 10.8. The molecule has 216 valence electrons. The molecule has 2 N–H and O–H groups in total. The van der Waals surface area contributed by atoms with E-state index in [2.05, 4.69) is 10.6 Å². The highest BCUT2D eigenvalue weighted by Gasteiger charge is 2.41. The van der Waals surface area contributed by atoms with Crippen LogP contribution in [0.15, 0.2) is 83.2 Å². The maximum Gasteiger partial charge on any atom is 0.288 e. The van der Waals surface area contributed by atoms with E-state index in [1.54, 1.807) is 39.3 Å². The lowest BCUT2D eigenvalue weighted by atomic mass is 9.71. The van der Waals surface area contributed by atoms with Crippen LogP contribution in [0, 0.1) is 17.0 Å². The molecular weight excluding hydrogens is 558 g/mol. The number of nitro benzene ring substituents is 1. The van der Waals surface area contributed by atoms with Gasteiger partial charge < -0.3 is 20.1 Å². The first-order valence-electron chi connectivity index (χ1n) is 13.4. The Morgan fingerprint density at radius 2 is 1.67 bits per heavy atom. The third kappa shape index (κ3) is 5.47. The van der Waals surface area contributed by atoms with Crippen LogP contribution >= 0.6 is 11.6 Å². The molecule has 0 unspecified atom stereocenters. The second kappa shape index (κ2) is 11.7. The van der Waals surface area contributed by atoms with Gasteiger partial charge in [0.05, 0.1) is 19.1 Å². The van der Waals surface area contributed by atoms with Crippen molar-refractivity contribution >= 4 is 34.7 Å². The van der Waals surface area contributed by atoms with Gasteiger partial charge in [-0.1, -0.05) is 41.4 Å². The molecule has 2 atom stereocenters. The van der Waals surface area contributed by atoms with Gasteiger partial charge in [-0.25, -0.2) is 0 Å². The summed E-state index contributed by atoms with van der Waals surface area (Å²) in [7, 11) is 3.12. The molecule has 0 saturated heterocycles. The summed E-state index contributed by atoms with van der Waals surface area (Å²) in [6.45, 7) is 3.72. The number of nitrogens with zero attached hydrogens (tertiary/aromatic N) is 1. The fourth-order valence-corrected chi connectivity index (χ4v) is 5.89. The Morgan fingerprint density at radius 3 is 2.33 bits per heavy atom. The molecule has 0 bridgehead atoms. The van der Waals surface area contributed by atoms with Crippen LogP contribution in [0.25, 0.3) is 0 Å². The van der Waals surface area contributed by atoms with Crippen molar-refractivity contribution in [3.63, 3.8) is 0 Å². The standard InChI is InChI=1S/C32H30ClN3O6/c1-17-5-9-22(10-6-17)35-32(38)29-18(2)34-24-13-21(19-8-12-27(41-3)28(16-19)42-4)15-26(37)31(24)30(29)20-7-11-23(33)25(14-20)36(39)40/h5-12,14,16,21,30,34H,13,15H2,1-4H3,(H,35,38)/t21-,30-/m0/s1. The molecule has 42 heavy (non-hydrogen) atoms. The highest BCUT2D eigenvalue weighted by molar-refractivity contribution is 6.32. The number of carbonyl (C=O) groups is 2. The summed E-state index contributed by atoms with van der Waals surface area (Å²) in [5, 5.41) is 18.0. The smallest absolute Gasteiger partial charge is 0.288 e. The van der Waals surface area contributed by atoms with Gasteiger partial charge in [0.2, 0.25) is 0 Å². The van der Waals surface area contributed by atoms with Crippen molar-refractivity contribution in [3.8, 4) is 11.5 Å². The molecule has 3 aromatic carbocycles. The third-order valence-corrected chi connectivity index (χ3v) is 8.08. The van der Waals surface area contributed by atoms with Crippen LogP contribution in [-0.4, -0.2) is 30.8 Å². The summed E-state index contributed by atoms with van der Waals surface area (Å²) >= 11 is 6.13. The molecule has 0 aromatic heterocycles. The van der Waals surface area contributed by atoms with Crippen LogP contribution in [-0.2, 0) is 9.59 Å². The summed E-state index contributed by atoms with van der Waals surface area (Å²) in [5.74, 6) is -0.393. The van der Waals surface area contributed by atoms with Crippen molar-refractivity contribution in [3.05, 3.63) is 115 Å². The number of allylic oxidation sites excluding steroid dienone is 3. The SMILES string of the molecule is COc1ccc([C@@H]2CC(=O)C3=C(C2)NC(C)=C(C(=O)Nc2ccc(C)cc2)[C@@H]3c2ccc(Cl)c([N+](=O)[O-])c2)cc1OC. The first-order chi connectivity index (χ1) is 20.1. The molecule has 5 rings (SSSR count). The predicted octanol–water partition coefficient (Wildman–Crippen LogP) is 6.57. The van der Waals surface area contributed by atoms with Gasteiger partial charge in [0.1, 0.15) is 5.02 Å². The molecule has 2 aliphatic rings. The van der Waals surface area contributed by atoms with E-state index in [4.69, 9.17) is 21.1 Å². The number of carbonyl (C=O) groups excluding carboxylic acids is 2. The number of anilines is 1. The van der Waals surface area contributed by atoms with Gasteiger partial charge in [-0.05, 0) is 67.6 Å². The van der Waals surface area contributed by atoms with Gasteiger partial charge in [-0.3, -0.25) is 19.7 Å².